The molecule has 5 aromatic carbocycles. The lowest BCUT2D eigenvalue weighted by atomic mass is 9.78. The number of sulfonamides is 4. The fraction of sp³-hybridized carbons (Fsp3) is 0.464. The number of nitrogens with two attached hydrogens (primary N) is 1. The van der Waals surface area contributed by atoms with Gasteiger partial charge in [-0.1, -0.05) is 98.9 Å². The van der Waals surface area contributed by atoms with Gasteiger partial charge in [0.25, 0.3) is 10.1 Å². The summed E-state index contributed by atoms with van der Waals surface area (Å²) in [4.78, 5) is -1.04. The van der Waals surface area contributed by atoms with Crippen molar-refractivity contribution < 1.29 is 75.1 Å². The number of fused-ring (bicyclic) bond motifs is 1. The number of ether oxygens (including phenoxy) is 5. The highest BCUT2D eigenvalue weighted by Crippen LogP contribution is 2.45. The fourth-order valence-electron chi connectivity index (χ4n) is 11.8. The fourth-order valence-corrected chi connectivity index (χ4v) is 19.1. The highest BCUT2D eigenvalue weighted by atomic mass is 79.9. The zero-order chi connectivity index (χ0) is 63.0. The molecule has 5 fully saturated rings. The van der Waals surface area contributed by atoms with Crippen molar-refractivity contribution in [2.24, 2.45) is 11.7 Å². The molecule has 3 aliphatic heterocycles. The average molecular weight is 1640 g/mol. The van der Waals surface area contributed by atoms with Gasteiger partial charge in [0.15, 0.2) is 12.6 Å². The zero-order valence-electron chi connectivity index (χ0n) is 46.5. The van der Waals surface area contributed by atoms with Gasteiger partial charge in [-0.25, -0.2) is 52.6 Å². The van der Waals surface area contributed by atoms with Crippen molar-refractivity contribution >= 4 is 130 Å². The monoisotopic (exact) mass is 1630 g/mol. The maximum atomic E-state index is 14.8. The predicted octanol–water partition coefficient (Wildman–Crippen LogP) is 7.81. The Morgan fingerprint density at radius 2 is 0.943 bits per heavy atom. The first kappa shape index (κ1) is 68.6. The highest BCUT2D eigenvalue weighted by molar-refractivity contribution is 9.11. The maximum absolute atomic E-state index is 14.8. The van der Waals surface area contributed by atoms with E-state index >= 15 is 0 Å². The van der Waals surface area contributed by atoms with Crippen molar-refractivity contribution in [1.29, 1.82) is 0 Å². The van der Waals surface area contributed by atoms with Crippen molar-refractivity contribution in [1.82, 2.24) is 18.9 Å². The third-order valence-electron chi connectivity index (χ3n) is 16.4. The summed E-state index contributed by atoms with van der Waals surface area (Å²) in [5, 5.41) is 13.3. The summed E-state index contributed by atoms with van der Waals surface area (Å²) >= 11 is 16.7. The number of hydrogen-bond donors (Lipinski definition) is 6. The molecule has 13 atom stereocenters. The Kier molecular flexibility index (Phi) is 22.1. The van der Waals surface area contributed by atoms with Gasteiger partial charge < -0.3 is 34.5 Å². The van der Waals surface area contributed by atoms with Crippen molar-refractivity contribution in [2.45, 2.75) is 168 Å². The van der Waals surface area contributed by atoms with Gasteiger partial charge in [0.2, 0.25) is 40.1 Å². The van der Waals surface area contributed by atoms with Crippen molar-refractivity contribution in [3.63, 3.8) is 0 Å². The van der Waals surface area contributed by atoms with E-state index in [1.165, 1.54) is 109 Å². The second kappa shape index (κ2) is 28.4. The molecule has 0 amide bonds. The smallest absolute Gasteiger partial charge is 0.297 e. The van der Waals surface area contributed by atoms with E-state index in [4.69, 9.17) is 33.6 Å². The molecule has 0 bridgehead atoms. The topological polar surface area (TPSA) is 320 Å². The van der Waals surface area contributed by atoms with Gasteiger partial charge in [0.05, 0.1) is 73.1 Å². The van der Waals surface area contributed by atoms with E-state index in [0.717, 1.165) is 19.3 Å². The third kappa shape index (κ3) is 16.5. The lowest BCUT2D eigenvalue weighted by molar-refractivity contribution is -0.307. The van der Waals surface area contributed by atoms with Gasteiger partial charge in [-0.3, -0.25) is 4.18 Å². The Labute approximate surface area is 554 Å². The van der Waals surface area contributed by atoms with Crippen molar-refractivity contribution in [2.75, 3.05) is 13.2 Å². The van der Waals surface area contributed by atoms with Crippen LogP contribution in [0.25, 0.3) is 0 Å². The first-order valence-electron chi connectivity index (χ1n) is 28.1. The van der Waals surface area contributed by atoms with Crippen LogP contribution in [0.4, 0.5) is 0 Å². The third-order valence-corrected chi connectivity index (χ3v) is 26.3. The molecule has 2 saturated carbocycles. The SMILES string of the molecule is N[C@H]1CCC(CNS(=O)(=O)c2ccc(Br)cc2)O[C@@H]1OC1C(NS(=O)(=O)c2ccc(Br)cc2)CC(NS(=O)(=O)c2ccc(Br)cc2)[C@@H](O[C@@H]2OC3COC4(CCCCC4)CC[C@@H]3C(NS(=O)(=O)c3ccc(Br)cc3)[C@@H]2OS(=O)(=O)c2ccc(Br)cc2)[C@H]1O. The lowest BCUT2D eigenvalue weighted by Crippen LogP contribution is -2.69. The number of benzene rings is 5. The van der Waals surface area contributed by atoms with E-state index in [2.05, 4.69) is 98.5 Å². The van der Waals surface area contributed by atoms with Crippen LogP contribution in [0.5, 0.6) is 0 Å². The van der Waals surface area contributed by atoms with Crippen LogP contribution < -0.4 is 24.6 Å². The van der Waals surface area contributed by atoms with E-state index in [1.54, 1.807) is 12.1 Å². The van der Waals surface area contributed by atoms with Crippen LogP contribution in [-0.4, -0.2) is 139 Å². The molecule has 480 valence electrons. The molecule has 5 aliphatic rings. The van der Waals surface area contributed by atoms with E-state index in [-0.39, 0.29) is 56.9 Å². The van der Waals surface area contributed by atoms with Crippen molar-refractivity contribution in [3.05, 3.63) is 144 Å². The average Bonchev–Trinajstić information content (AvgIpc) is 2.53. The van der Waals surface area contributed by atoms with Gasteiger partial charge in [0.1, 0.15) is 24.4 Å². The number of rotatable bonds is 20. The largest absolute Gasteiger partial charge is 0.388 e. The van der Waals surface area contributed by atoms with E-state index in [9.17, 15) is 47.2 Å². The lowest BCUT2D eigenvalue weighted by Gasteiger charge is -2.50. The predicted molar refractivity (Wildman–Crippen MR) is 340 cm³/mol. The standard InChI is InChI=1S/C56H64Br5N5O17S5/c57-33-4-15-39(16-5-33)84(68,69)63-31-38-14-25-45(62)54(79-38)81-51-46(64-85(70,71)40-17-6-34(58)7-18-40)30-47(65-86(72,73)41-19-8-35(59)9-20-41)52(50(51)67)82-55-53(83-88(76,77)43-23-12-37(61)13-24-43)49(66-87(74,75)42-21-10-36(60)11-22-42)44-26-29-56(27-2-1-3-28-56)78-32-48(44)80-55/h4-13,15-24,38,44-55,63-67H,1-3,14,25-32,62H2/t38?,44-,45-,46?,47?,48?,49?,50-,51?,52+,53-,54+,55-/m0/s1. The summed E-state index contributed by atoms with van der Waals surface area (Å²) in [5.74, 6) is -0.870. The van der Waals surface area contributed by atoms with E-state index in [1.807, 2.05) is 0 Å². The molecule has 5 aromatic rings. The maximum Gasteiger partial charge on any atom is 0.297 e. The number of hydrogen-bond acceptors (Lipinski definition) is 18. The first-order chi connectivity index (χ1) is 41.6. The van der Waals surface area contributed by atoms with Gasteiger partial charge in [-0.15, -0.1) is 0 Å². The summed E-state index contributed by atoms with van der Waals surface area (Å²) < 4.78 is 198. The number of halogens is 5. The van der Waals surface area contributed by atoms with Crippen LogP contribution in [0.15, 0.2) is 168 Å². The van der Waals surface area contributed by atoms with Crippen LogP contribution in [0.3, 0.4) is 0 Å². The minimum absolute atomic E-state index is 0.0253. The normalized spacial score (nSPS) is 29.0. The second-order valence-electron chi connectivity index (χ2n) is 22.3. The summed E-state index contributed by atoms with van der Waals surface area (Å²) in [5.41, 5.74) is 6.07. The zero-order valence-corrected chi connectivity index (χ0v) is 58.5. The molecule has 3 saturated heterocycles. The summed E-state index contributed by atoms with van der Waals surface area (Å²) in [6, 6.07) is 22.6. The molecule has 3 heterocycles. The molecule has 2 aliphatic carbocycles. The molecule has 1 spiro atoms. The number of aliphatic hydroxyl groups excluding tert-OH is 1. The molecule has 88 heavy (non-hydrogen) atoms. The molecule has 10 rings (SSSR count). The minimum Gasteiger partial charge on any atom is -0.388 e. The van der Waals surface area contributed by atoms with Crippen molar-refractivity contribution in [3.8, 4) is 0 Å². The van der Waals surface area contributed by atoms with Crippen LogP contribution in [-0.2, 0) is 78.1 Å². The molecule has 32 heteroatoms. The Morgan fingerprint density at radius 3 is 1.42 bits per heavy atom. The molecule has 0 aromatic heterocycles. The Hall–Kier alpha value is -2.23. The van der Waals surface area contributed by atoms with E-state index < -0.39 is 142 Å². The highest BCUT2D eigenvalue weighted by Gasteiger charge is 2.57. The van der Waals surface area contributed by atoms with Crippen LogP contribution >= 0.6 is 79.6 Å². The molecule has 0 radical (unpaired) electrons. The van der Waals surface area contributed by atoms with Gasteiger partial charge in [-0.2, -0.15) is 8.42 Å². The summed E-state index contributed by atoms with van der Waals surface area (Å²) in [7, 11) is -22.8. The van der Waals surface area contributed by atoms with Crippen LogP contribution in [0.1, 0.15) is 64.2 Å². The molecule has 22 nitrogen and oxygen atoms in total. The summed E-state index contributed by atoms with van der Waals surface area (Å²) in [6.07, 6.45) is -8.75. The number of nitrogens with one attached hydrogen (secondary N) is 4. The van der Waals surface area contributed by atoms with Gasteiger partial charge >= 0.3 is 0 Å². The minimum atomic E-state index is -4.92. The Bertz CT molecular complexity index is 3830. The first-order valence-corrected chi connectivity index (χ1v) is 39.4. The van der Waals surface area contributed by atoms with E-state index in [0.29, 0.717) is 41.6 Å². The van der Waals surface area contributed by atoms with Gasteiger partial charge in [-0.05, 0) is 166 Å². The molecular weight excluding hydrogens is 1570 g/mol. The second-order valence-corrected chi connectivity index (χ2v) is 35.4. The molecule has 7 N–H and O–H groups in total. The quantitative estimate of drug-likeness (QED) is 0.0405. The van der Waals surface area contributed by atoms with Crippen LogP contribution in [0, 0.1) is 5.92 Å². The molecular formula is C56H64Br5N5O17S5. The number of aliphatic hydroxyl groups is 1. The molecule has 6 unspecified atom stereocenters. The summed E-state index contributed by atoms with van der Waals surface area (Å²) in [6.45, 7) is -0.407. The van der Waals surface area contributed by atoms with Gasteiger partial charge in [0, 0.05) is 34.8 Å². The Morgan fingerprint density at radius 1 is 0.511 bits per heavy atom. The van der Waals surface area contributed by atoms with Crippen LogP contribution in [0.2, 0.25) is 0 Å². The Balaban J connectivity index is 1.07.